The van der Waals surface area contributed by atoms with Gasteiger partial charge in [-0.3, -0.25) is 4.79 Å². The zero-order chi connectivity index (χ0) is 20.1. The fourth-order valence-electron chi connectivity index (χ4n) is 3.38. The van der Waals surface area contributed by atoms with Crippen LogP contribution in [-0.2, 0) is 16.0 Å². The molecule has 3 aromatic rings. The molecule has 29 heavy (non-hydrogen) atoms. The van der Waals surface area contributed by atoms with Crippen LogP contribution in [0.3, 0.4) is 0 Å². The summed E-state index contributed by atoms with van der Waals surface area (Å²) in [6.07, 6.45) is 0.789. The van der Waals surface area contributed by atoms with Gasteiger partial charge in [-0.2, -0.15) is 5.26 Å². The largest absolute Gasteiger partial charge is 0.367 e. The Kier molecular flexibility index (Phi) is 6.15. The van der Waals surface area contributed by atoms with E-state index in [0.29, 0.717) is 19.6 Å². The van der Waals surface area contributed by atoms with Gasteiger partial charge in [0.15, 0.2) is 0 Å². The number of nitriles is 1. The number of carbonyl (C=O) groups is 1. The van der Waals surface area contributed by atoms with Gasteiger partial charge >= 0.3 is 0 Å². The Morgan fingerprint density at radius 2 is 2.14 bits per heavy atom. The molecule has 2 unspecified atom stereocenters. The maximum absolute atomic E-state index is 12.4. The number of hydrogen-bond acceptors (Lipinski definition) is 6. The number of amides is 1. The Morgan fingerprint density at radius 1 is 1.31 bits per heavy atom. The molecule has 1 saturated heterocycles. The topological polar surface area (TPSA) is 87.0 Å². The van der Waals surface area contributed by atoms with E-state index in [1.54, 1.807) is 11.3 Å². The summed E-state index contributed by atoms with van der Waals surface area (Å²) in [5.74, 6) is -0.237. The van der Waals surface area contributed by atoms with Crippen molar-refractivity contribution in [1.82, 2.24) is 15.6 Å². The fourth-order valence-corrected chi connectivity index (χ4v) is 4.04. The van der Waals surface area contributed by atoms with Crippen molar-refractivity contribution in [3.63, 3.8) is 0 Å². The fraction of sp³-hybridized carbons (Fsp3) is 0.318. The van der Waals surface area contributed by atoms with Crippen LogP contribution in [0.15, 0.2) is 48.0 Å². The van der Waals surface area contributed by atoms with E-state index in [-0.39, 0.29) is 5.91 Å². The third kappa shape index (κ3) is 4.80. The van der Waals surface area contributed by atoms with E-state index in [0.717, 1.165) is 35.2 Å². The van der Waals surface area contributed by atoms with Gasteiger partial charge in [-0.25, -0.2) is 4.98 Å². The Bertz CT molecular complexity index is 1020. The van der Waals surface area contributed by atoms with E-state index >= 15 is 0 Å². The van der Waals surface area contributed by atoms with Crippen LogP contribution in [0.1, 0.15) is 12.0 Å². The molecule has 1 aliphatic heterocycles. The molecule has 2 N–H and O–H groups in total. The third-order valence-corrected chi connectivity index (χ3v) is 5.78. The molecule has 1 aromatic heterocycles. The van der Waals surface area contributed by atoms with Gasteiger partial charge in [-0.05, 0) is 41.8 Å². The smallest absolute Gasteiger partial charge is 0.251 e. The number of thiazole rings is 1. The summed E-state index contributed by atoms with van der Waals surface area (Å²) in [6, 6.07) is 15.9. The lowest BCUT2D eigenvalue weighted by atomic mass is 10.0. The van der Waals surface area contributed by atoms with Crippen molar-refractivity contribution in [3.8, 4) is 17.2 Å². The molecule has 2 aromatic carbocycles. The number of aromatic nitrogens is 1. The van der Waals surface area contributed by atoms with Crippen molar-refractivity contribution < 1.29 is 9.53 Å². The number of carbonyl (C=O) groups excluding carboxylic acids is 1. The predicted molar refractivity (Wildman–Crippen MR) is 114 cm³/mol. The van der Waals surface area contributed by atoms with Crippen molar-refractivity contribution in [3.05, 3.63) is 53.5 Å². The SMILES string of the molecule is N#CC(Cc1ccc(-c2ccc3scnc3c2)cc1)NC(=O)C1CNCCCO1. The molecule has 7 heteroatoms. The lowest BCUT2D eigenvalue weighted by Crippen LogP contribution is -2.46. The van der Waals surface area contributed by atoms with Crippen molar-refractivity contribution in [2.45, 2.75) is 25.0 Å². The zero-order valence-electron chi connectivity index (χ0n) is 15.9. The van der Waals surface area contributed by atoms with Crippen LogP contribution in [-0.4, -0.2) is 42.7 Å². The third-order valence-electron chi connectivity index (χ3n) is 4.97. The first-order valence-electron chi connectivity index (χ1n) is 9.68. The van der Waals surface area contributed by atoms with Crippen LogP contribution in [0.4, 0.5) is 0 Å². The molecule has 0 bridgehead atoms. The molecular formula is C22H22N4O2S. The Hall–Kier alpha value is -2.79. The molecule has 2 heterocycles. The van der Waals surface area contributed by atoms with E-state index in [9.17, 15) is 10.1 Å². The van der Waals surface area contributed by atoms with Crippen molar-refractivity contribution in [2.24, 2.45) is 0 Å². The lowest BCUT2D eigenvalue weighted by Gasteiger charge is -2.18. The number of nitrogens with one attached hydrogen (secondary N) is 2. The van der Waals surface area contributed by atoms with Crippen molar-refractivity contribution in [2.75, 3.05) is 19.7 Å². The van der Waals surface area contributed by atoms with Crippen LogP contribution in [0.25, 0.3) is 21.3 Å². The molecule has 0 spiro atoms. The summed E-state index contributed by atoms with van der Waals surface area (Å²) in [5.41, 5.74) is 6.05. The minimum atomic E-state index is -0.591. The average Bonchev–Trinajstić information content (AvgIpc) is 3.05. The first-order valence-corrected chi connectivity index (χ1v) is 10.6. The summed E-state index contributed by atoms with van der Waals surface area (Å²) in [7, 11) is 0. The van der Waals surface area contributed by atoms with Gasteiger partial charge in [-0.15, -0.1) is 11.3 Å². The molecule has 2 atom stereocenters. The quantitative estimate of drug-likeness (QED) is 0.680. The summed E-state index contributed by atoms with van der Waals surface area (Å²) in [4.78, 5) is 16.8. The number of hydrogen-bond donors (Lipinski definition) is 2. The molecule has 0 aliphatic carbocycles. The van der Waals surface area contributed by atoms with Crippen molar-refractivity contribution in [1.29, 1.82) is 5.26 Å². The molecule has 4 rings (SSSR count). The average molecular weight is 407 g/mol. The molecule has 1 aliphatic rings. The highest BCUT2D eigenvalue weighted by Crippen LogP contribution is 2.26. The first-order chi connectivity index (χ1) is 14.2. The molecule has 148 valence electrons. The normalized spacial score (nSPS) is 18.0. The molecule has 0 saturated carbocycles. The van der Waals surface area contributed by atoms with Gasteiger partial charge in [-0.1, -0.05) is 30.3 Å². The maximum atomic E-state index is 12.4. The summed E-state index contributed by atoms with van der Waals surface area (Å²) < 4.78 is 6.73. The number of nitrogens with zero attached hydrogens (tertiary/aromatic N) is 2. The maximum Gasteiger partial charge on any atom is 0.251 e. The van der Waals surface area contributed by atoms with Gasteiger partial charge in [0.1, 0.15) is 12.1 Å². The van der Waals surface area contributed by atoms with E-state index in [2.05, 4.69) is 39.9 Å². The Morgan fingerprint density at radius 3 is 2.97 bits per heavy atom. The first kappa shape index (κ1) is 19.5. The van der Waals surface area contributed by atoms with Crippen LogP contribution in [0.2, 0.25) is 0 Å². The number of benzene rings is 2. The van der Waals surface area contributed by atoms with E-state index < -0.39 is 12.1 Å². The Labute approximate surface area is 173 Å². The van der Waals surface area contributed by atoms with Crippen LogP contribution in [0, 0.1) is 11.3 Å². The van der Waals surface area contributed by atoms with Crippen LogP contribution >= 0.6 is 11.3 Å². The second kappa shape index (κ2) is 9.14. The summed E-state index contributed by atoms with van der Waals surface area (Å²) in [5, 5.41) is 15.5. The highest BCUT2D eigenvalue weighted by molar-refractivity contribution is 7.16. The van der Waals surface area contributed by atoms with Gasteiger partial charge in [0.25, 0.3) is 5.91 Å². The molecule has 1 fully saturated rings. The summed E-state index contributed by atoms with van der Waals surface area (Å²) >= 11 is 1.63. The Balaban J connectivity index is 1.40. The van der Waals surface area contributed by atoms with E-state index in [1.807, 2.05) is 29.8 Å². The highest BCUT2D eigenvalue weighted by atomic mass is 32.1. The molecule has 6 nitrogen and oxygen atoms in total. The van der Waals surface area contributed by atoms with Gasteiger partial charge in [0.05, 0.1) is 21.8 Å². The van der Waals surface area contributed by atoms with Gasteiger partial charge in [0, 0.05) is 19.6 Å². The monoisotopic (exact) mass is 406 g/mol. The highest BCUT2D eigenvalue weighted by Gasteiger charge is 2.23. The number of ether oxygens (including phenoxy) is 1. The second-order valence-corrected chi connectivity index (χ2v) is 7.93. The molecule has 0 radical (unpaired) electrons. The second-order valence-electron chi connectivity index (χ2n) is 7.04. The zero-order valence-corrected chi connectivity index (χ0v) is 16.7. The number of rotatable bonds is 5. The molecular weight excluding hydrogens is 384 g/mol. The van der Waals surface area contributed by atoms with Gasteiger partial charge in [0.2, 0.25) is 0 Å². The van der Waals surface area contributed by atoms with Gasteiger partial charge < -0.3 is 15.4 Å². The minimum absolute atomic E-state index is 0.237. The van der Waals surface area contributed by atoms with E-state index in [1.165, 1.54) is 4.70 Å². The van der Waals surface area contributed by atoms with Crippen molar-refractivity contribution >= 4 is 27.5 Å². The standard InChI is InChI=1S/C22H22N4O2S/c23-12-18(26-22(27)20-13-24-8-1-9-28-20)10-15-2-4-16(5-3-15)17-6-7-21-19(11-17)25-14-29-21/h2-7,11,14,18,20,24H,1,8-10,13H2,(H,26,27). The summed E-state index contributed by atoms with van der Waals surface area (Å²) in [6.45, 7) is 1.87. The lowest BCUT2D eigenvalue weighted by molar-refractivity contribution is -0.132. The van der Waals surface area contributed by atoms with Crippen LogP contribution < -0.4 is 10.6 Å². The predicted octanol–water partition coefficient (Wildman–Crippen LogP) is 2.89. The molecule has 1 amide bonds. The number of fused-ring (bicyclic) bond motifs is 1. The van der Waals surface area contributed by atoms with E-state index in [4.69, 9.17) is 4.74 Å². The van der Waals surface area contributed by atoms with Crippen LogP contribution in [0.5, 0.6) is 0 Å². The minimum Gasteiger partial charge on any atom is -0.367 e.